The lowest BCUT2D eigenvalue weighted by molar-refractivity contribution is -0.384. The Labute approximate surface area is 165 Å². The van der Waals surface area contributed by atoms with Gasteiger partial charge < -0.3 is 0 Å². The minimum absolute atomic E-state index is 0.0396. The van der Waals surface area contributed by atoms with Crippen LogP contribution in [0.4, 0.5) is 16.0 Å². The summed E-state index contributed by atoms with van der Waals surface area (Å²) in [6.07, 6.45) is 0. The van der Waals surface area contributed by atoms with Crippen molar-refractivity contribution in [3.63, 3.8) is 0 Å². The van der Waals surface area contributed by atoms with Gasteiger partial charge in [-0.3, -0.25) is 20.2 Å². The SMILES string of the molecule is O=C(Nc1nc2scc(-c3ccc(F)cc3)n2n1)c1ccc(Cl)c([N+](=O)[O-])c1. The summed E-state index contributed by atoms with van der Waals surface area (Å²) < 4.78 is 14.6. The van der Waals surface area contributed by atoms with Gasteiger partial charge in [-0.1, -0.05) is 11.6 Å². The van der Waals surface area contributed by atoms with Gasteiger partial charge in [-0.05, 0) is 36.4 Å². The average Bonchev–Trinajstić information content (AvgIpc) is 3.22. The molecule has 4 aromatic rings. The van der Waals surface area contributed by atoms with Gasteiger partial charge in [0.2, 0.25) is 4.96 Å². The van der Waals surface area contributed by atoms with E-state index >= 15 is 0 Å². The first-order valence-corrected chi connectivity index (χ1v) is 9.03. The molecule has 11 heteroatoms. The Morgan fingerprint density at radius 2 is 2.00 bits per heavy atom. The first-order chi connectivity index (χ1) is 13.4. The minimum atomic E-state index is -0.668. The summed E-state index contributed by atoms with van der Waals surface area (Å²) in [6.45, 7) is 0. The third-order valence-corrected chi connectivity index (χ3v) is 4.99. The van der Waals surface area contributed by atoms with Gasteiger partial charge in [-0.15, -0.1) is 16.4 Å². The third kappa shape index (κ3) is 3.30. The Morgan fingerprint density at radius 1 is 1.25 bits per heavy atom. The van der Waals surface area contributed by atoms with E-state index in [1.165, 1.54) is 40.1 Å². The van der Waals surface area contributed by atoms with Crippen molar-refractivity contribution in [2.24, 2.45) is 0 Å². The van der Waals surface area contributed by atoms with Crippen LogP contribution in [0.1, 0.15) is 10.4 Å². The second-order valence-corrected chi connectivity index (χ2v) is 6.88. The Hall–Kier alpha value is -3.37. The number of nitro benzene ring substituents is 1. The van der Waals surface area contributed by atoms with E-state index in [0.29, 0.717) is 10.7 Å². The number of nitrogens with zero attached hydrogens (tertiary/aromatic N) is 4. The number of hydrogen-bond acceptors (Lipinski definition) is 6. The molecule has 2 aromatic heterocycles. The van der Waals surface area contributed by atoms with Gasteiger partial charge in [0, 0.05) is 22.6 Å². The zero-order valence-electron chi connectivity index (χ0n) is 13.8. The molecule has 0 saturated carbocycles. The normalized spacial score (nSPS) is 10.9. The topological polar surface area (TPSA) is 102 Å². The standard InChI is InChI=1S/C17H9ClFN5O3S/c18-12-6-3-10(7-13(12)24(26)27)15(25)20-16-21-17-23(22-16)14(8-28-17)9-1-4-11(19)5-2-9/h1-8H,(H,20,22,25). The highest BCUT2D eigenvalue weighted by molar-refractivity contribution is 7.15. The van der Waals surface area contributed by atoms with E-state index in [-0.39, 0.29) is 28.0 Å². The molecule has 28 heavy (non-hydrogen) atoms. The highest BCUT2D eigenvalue weighted by Gasteiger charge is 2.18. The summed E-state index contributed by atoms with van der Waals surface area (Å²) in [5, 5.41) is 19.5. The van der Waals surface area contributed by atoms with Crippen LogP contribution in [-0.4, -0.2) is 25.4 Å². The van der Waals surface area contributed by atoms with Crippen LogP contribution in [0.25, 0.3) is 16.2 Å². The number of hydrogen-bond donors (Lipinski definition) is 1. The number of carbonyl (C=O) groups excluding carboxylic acids is 1. The number of rotatable bonds is 4. The van der Waals surface area contributed by atoms with E-state index in [0.717, 1.165) is 11.6 Å². The molecule has 2 heterocycles. The van der Waals surface area contributed by atoms with Crippen molar-refractivity contribution in [3.05, 3.63) is 74.4 Å². The molecule has 0 aliphatic carbocycles. The summed E-state index contributed by atoms with van der Waals surface area (Å²) in [6, 6.07) is 9.64. The van der Waals surface area contributed by atoms with Crippen molar-refractivity contribution in [1.82, 2.24) is 14.6 Å². The quantitative estimate of drug-likeness (QED) is 0.391. The number of nitro groups is 1. The largest absolute Gasteiger partial charge is 0.289 e. The summed E-state index contributed by atoms with van der Waals surface area (Å²) in [5.41, 5.74) is 1.11. The molecule has 0 aliphatic rings. The first kappa shape index (κ1) is 18.0. The number of thiazole rings is 1. The number of carbonyl (C=O) groups is 1. The fraction of sp³-hybridized carbons (Fsp3) is 0. The predicted molar refractivity (Wildman–Crippen MR) is 102 cm³/mol. The Kier molecular flexibility index (Phi) is 4.49. The van der Waals surface area contributed by atoms with E-state index in [9.17, 15) is 19.3 Å². The number of amides is 1. The second-order valence-electron chi connectivity index (χ2n) is 5.64. The number of anilines is 1. The minimum Gasteiger partial charge on any atom is -0.289 e. The summed E-state index contributed by atoms with van der Waals surface area (Å²) in [5.74, 6) is -0.919. The van der Waals surface area contributed by atoms with Crippen LogP contribution in [0, 0.1) is 15.9 Å². The number of fused-ring (bicyclic) bond motifs is 1. The van der Waals surface area contributed by atoms with Crippen LogP contribution in [0.3, 0.4) is 0 Å². The Morgan fingerprint density at radius 3 is 2.71 bits per heavy atom. The van der Waals surface area contributed by atoms with Crippen LogP contribution < -0.4 is 5.32 Å². The summed E-state index contributed by atoms with van der Waals surface area (Å²) in [4.78, 5) is 27.4. The molecule has 8 nitrogen and oxygen atoms in total. The molecule has 1 amide bonds. The van der Waals surface area contributed by atoms with Gasteiger partial charge in [0.05, 0.1) is 10.6 Å². The van der Waals surface area contributed by atoms with Crippen LogP contribution in [0.15, 0.2) is 47.8 Å². The molecule has 0 bridgehead atoms. The van der Waals surface area contributed by atoms with Crippen molar-refractivity contribution in [1.29, 1.82) is 0 Å². The molecule has 0 radical (unpaired) electrons. The molecule has 4 rings (SSSR count). The molecule has 2 aromatic carbocycles. The maximum Gasteiger partial charge on any atom is 0.288 e. The van der Waals surface area contributed by atoms with Crippen LogP contribution in [0.2, 0.25) is 5.02 Å². The van der Waals surface area contributed by atoms with E-state index in [2.05, 4.69) is 15.4 Å². The lowest BCUT2D eigenvalue weighted by atomic mass is 10.2. The molecule has 1 N–H and O–H groups in total. The number of halogens is 2. The summed E-state index contributed by atoms with van der Waals surface area (Å²) in [7, 11) is 0. The van der Waals surface area contributed by atoms with Gasteiger partial charge in [0.15, 0.2) is 0 Å². The monoisotopic (exact) mass is 417 g/mol. The maximum absolute atomic E-state index is 13.1. The molecule has 0 spiro atoms. The van der Waals surface area contributed by atoms with Gasteiger partial charge in [-0.2, -0.15) is 4.98 Å². The molecule has 0 saturated heterocycles. The number of aromatic nitrogens is 3. The van der Waals surface area contributed by atoms with E-state index in [1.807, 2.05) is 5.38 Å². The molecule has 0 atom stereocenters. The predicted octanol–water partition coefficient (Wildman–Crippen LogP) is 4.41. The van der Waals surface area contributed by atoms with E-state index in [4.69, 9.17) is 11.6 Å². The van der Waals surface area contributed by atoms with Crippen molar-refractivity contribution < 1.29 is 14.1 Å². The van der Waals surface area contributed by atoms with Crippen molar-refractivity contribution >= 4 is 45.4 Å². The number of benzene rings is 2. The van der Waals surface area contributed by atoms with Crippen LogP contribution in [-0.2, 0) is 0 Å². The molecule has 0 unspecified atom stereocenters. The van der Waals surface area contributed by atoms with Gasteiger partial charge >= 0.3 is 0 Å². The molecular weight excluding hydrogens is 409 g/mol. The van der Waals surface area contributed by atoms with Crippen molar-refractivity contribution in [2.45, 2.75) is 0 Å². The van der Waals surface area contributed by atoms with Crippen molar-refractivity contribution in [3.8, 4) is 11.3 Å². The van der Waals surface area contributed by atoms with Crippen molar-refractivity contribution in [2.75, 3.05) is 5.32 Å². The van der Waals surface area contributed by atoms with E-state index in [1.54, 1.807) is 12.1 Å². The summed E-state index contributed by atoms with van der Waals surface area (Å²) >= 11 is 7.06. The van der Waals surface area contributed by atoms with E-state index < -0.39 is 10.8 Å². The lowest BCUT2D eigenvalue weighted by Crippen LogP contribution is -2.13. The third-order valence-electron chi connectivity index (χ3n) is 3.85. The molecule has 0 aliphatic heterocycles. The highest BCUT2D eigenvalue weighted by atomic mass is 35.5. The van der Waals surface area contributed by atoms with Gasteiger partial charge in [0.25, 0.3) is 17.5 Å². The Balaban J connectivity index is 1.62. The smallest absolute Gasteiger partial charge is 0.288 e. The molecular formula is C17H9ClFN5O3S. The van der Waals surface area contributed by atoms with Crippen LogP contribution in [0.5, 0.6) is 0 Å². The average molecular weight is 418 g/mol. The zero-order chi connectivity index (χ0) is 19.8. The fourth-order valence-corrected chi connectivity index (χ4v) is 3.54. The Bertz CT molecular complexity index is 1220. The first-order valence-electron chi connectivity index (χ1n) is 7.78. The fourth-order valence-electron chi connectivity index (χ4n) is 2.52. The van der Waals surface area contributed by atoms with Gasteiger partial charge in [0.1, 0.15) is 10.8 Å². The van der Waals surface area contributed by atoms with Crippen LogP contribution >= 0.6 is 22.9 Å². The second kappa shape index (κ2) is 6.98. The maximum atomic E-state index is 13.1. The zero-order valence-corrected chi connectivity index (χ0v) is 15.4. The molecule has 140 valence electrons. The lowest BCUT2D eigenvalue weighted by Gasteiger charge is -2.02. The molecule has 0 fully saturated rings. The number of nitrogens with one attached hydrogen (secondary N) is 1. The highest BCUT2D eigenvalue weighted by Crippen LogP contribution is 2.27. The van der Waals surface area contributed by atoms with Gasteiger partial charge in [-0.25, -0.2) is 8.91 Å².